The Morgan fingerprint density at radius 3 is 1.11 bits per heavy atom. The van der Waals surface area contributed by atoms with Crippen molar-refractivity contribution in [2.24, 2.45) is 0 Å². The zero-order valence-corrected chi connectivity index (χ0v) is 33.3. The van der Waals surface area contributed by atoms with Crippen molar-refractivity contribution in [2.75, 3.05) is 0 Å². The largest absolute Gasteiger partial charge is 0.456 e. The van der Waals surface area contributed by atoms with E-state index >= 15 is 0 Å². The Labute approximate surface area is 356 Å². The molecule has 1 aliphatic carbocycles. The Hall–Kier alpha value is -7.76. The van der Waals surface area contributed by atoms with Crippen molar-refractivity contribution in [2.45, 2.75) is 11.2 Å². The van der Waals surface area contributed by atoms with Gasteiger partial charge < -0.3 is 19.0 Å². The third-order valence-corrected chi connectivity index (χ3v) is 13.4. The Balaban J connectivity index is 0.926. The van der Waals surface area contributed by atoms with Crippen LogP contribution in [-0.2, 0) is 11.2 Å². The third-order valence-electron chi connectivity index (χ3n) is 13.4. The zero-order chi connectivity index (χ0) is 41.2. The van der Waals surface area contributed by atoms with Gasteiger partial charge >= 0.3 is 0 Å². The molecule has 0 atom stereocenters. The minimum Gasteiger partial charge on any atom is -0.456 e. The highest BCUT2D eigenvalue weighted by Gasteiger charge is 2.50. The molecular formula is C58H36O4. The summed E-state index contributed by atoms with van der Waals surface area (Å²) in [4.78, 5) is 0. The van der Waals surface area contributed by atoms with E-state index in [-0.39, 0.29) is 0 Å². The number of rotatable bonds is 4. The number of furan rings is 2. The molecule has 1 aliphatic rings. The molecule has 4 heteroatoms. The van der Waals surface area contributed by atoms with E-state index in [1.54, 1.807) is 0 Å². The first kappa shape index (κ1) is 35.0. The average Bonchev–Trinajstić information content (AvgIpc) is 3.92. The van der Waals surface area contributed by atoms with Crippen LogP contribution >= 0.6 is 0 Å². The summed E-state index contributed by atoms with van der Waals surface area (Å²) >= 11 is 0. The van der Waals surface area contributed by atoms with Crippen LogP contribution in [0.1, 0.15) is 33.4 Å². The molecule has 0 fully saturated rings. The molecule has 2 aromatic heterocycles. The van der Waals surface area contributed by atoms with Crippen LogP contribution in [0.2, 0.25) is 0 Å². The minimum absolute atomic E-state index is 0.624. The van der Waals surface area contributed by atoms with Crippen LogP contribution in [0.5, 0.6) is 0 Å². The van der Waals surface area contributed by atoms with Crippen LogP contribution in [0.4, 0.5) is 0 Å². The molecule has 0 saturated carbocycles. The molecule has 0 aliphatic heterocycles. The summed E-state index contributed by atoms with van der Waals surface area (Å²) in [7, 11) is 0. The number of hydrogen-bond acceptors (Lipinski definition) is 4. The molecule has 10 aromatic carbocycles. The van der Waals surface area contributed by atoms with Gasteiger partial charge in [-0.05, 0) is 126 Å². The van der Waals surface area contributed by atoms with Crippen LogP contribution in [-0.4, -0.2) is 10.2 Å². The lowest BCUT2D eigenvalue weighted by atomic mass is 9.63. The maximum Gasteiger partial charge on any atom is 0.141 e. The van der Waals surface area contributed by atoms with E-state index in [1.807, 2.05) is 84.9 Å². The maximum absolute atomic E-state index is 13.4. The molecule has 0 bridgehead atoms. The molecule has 13 rings (SSSR count). The fourth-order valence-corrected chi connectivity index (χ4v) is 10.4. The molecule has 0 amide bonds. The molecule has 0 unspecified atom stereocenters. The standard InChI is InChI=1S/C58H36O4/c59-57(41-15-9-13-37(31-41)39-23-27-45-53(33-39)61-51-29-25-35-11-1-3-17-43(35)55(45)51)47-19-5-7-21-49(47)58(60,50-22-8-6-20-48(50)57)42-16-10-14-38(32-42)40-24-28-46-54(34-40)62-52-30-26-36-12-2-4-18-44(36)56(46)52/h1-34,59-60H. The van der Waals surface area contributed by atoms with Crippen LogP contribution < -0.4 is 0 Å². The highest BCUT2D eigenvalue weighted by atomic mass is 16.3. The molecule has 0 saturated heterocycles. The summed E-state index contributed by atoms with van der Waals surface area (Å²) < 4.78 is 12.9. The van der Waals surface area contributed by atoms with Crippen molar-refractivity contribution in [3.63, 3.8) is 0 Å². The second-order valence-corrected chi connectivity index (χ2v) is 16.6. The predicted molar refractivity (Wildman–Crippen MR) is 250 cm³/mol. The van der Waals surface area contributed by atoms with E-state index < -0.39 is 11.2 Å². The summed E-state index contributed by atoms with van der Waals surface area (Å²) in [6.07, 6.45) is 0. The second kappa shape index (κ2) is 12.9. The van der Waals surface area contributed by atoms with Gasteiger partial charge in [0.1, 0.15) is 33.5 Å². The summed E-state index contributed by atoms with van der Waals surface area (Å²) in [5.74, 6) is 0. The van der Waals surface area contributed by atoms with Gasteiger partial charge in [-0.15, -0.1) is 0 Å². The maximum atomic E-state index is 13.4. The smallest absolute Gasteiger partial charge is 0.141 e. The summed E-state index contributed by atoms with van der Waals surface area (Å²) in [5, 5.41) is 35.8. The molecule has 12 aromatic rings. The Morgan fingerprint density at radius 1 is 0.290 bits per heavy atom. The fourth-order valence-electron chi connectivity index (χ4n) is 10.4. The first-order valence-corrected chi connectivity index (χ1v) is 21.0. The van der Waals surface area contributed by atoms with Crippen LogP contribution in [0.3, 0.4) is 0 Å². The summed E-state index contributed by atoms with van der Waals surface area (Å²) in [6, 6.07) is 69.5. The lowest BCUT2D eigenvalue weighted by Crippen LogP contribution is -2.44. The lowest BCUT2D eigenvalue weighted by molar-refractivity contribution is 0.0748. The van der Waals surface area contributed by atoms with Crippen LogP contribution in [0.25, 0.3) is 87.7 Å². The Morgan fingerprint density at radius 2 is 0.677 bits per heavy atom. The molecule has 292 valence electrons. The Kier molecular flexibility index (Phi) is 7.27. The number of aliphatic hydroxyl groups is 2. The normalized spacial score (nSPS) is 17.3. The third kappa shape index (κ3) is 4.85. The molecule has 4 nitrogen and oxygen atoms in total. The number of hydrogen-bond donors (Lipinski definition) is 2. The predicted octanol–water partition coefficient (Wildman–Crippen LogP) is 14.0. The van der Waals surface area contributed by atoms with E-state index in [0.717, 1.165) is 66.1 Å². The van der Waals surface area contributed by atoms with Gasteiger partial charge in [-0.25, -0.2) is 0 Å². The van der Waals surface area contributed by atoms with E-state index in [1.165, 1.54) is 21.5 Å². The monoisotopic (exact) mass is 796 g/mol. The molecule has 2 heterocycles. The lowest BCUT2D eigenvalue weighted by Gasteiger charge is -2.45. The quantitative estimate of drug-likeness (QED) is 0.186. The van der Waals surface area contributed by atoms with Gasteiger partial charge in [0, 0.05) is 21.5 Å². The zero-order valence-electron chi connectivity index (χ0n) is 33.3. The molecule has 62 heavy (non-hydrogen) atoms. The first-order chi connectivity index (χ1) is 30.5. The molecule has 0 radical (unpaired) electrons. The van der Waals surface area contributed by atoms with Crippen molar-refractivity contribution < 1.29 is 19.0 Å². The van der Waals surface area contributed by atoms with Gasteiger partial charge in [0.05, 0.1) is 0 Å². The first-order valence-electron chi connectivity index (χ1n) is 21.0. The highest BCUT2D eigenvalue weighted by Crippen LogP contribution is 2.54. The van der Waals surface area contributed by atoms with Gasteiger partial charge in [0.2, 0.25) is 0 Å². The van der Waals surface area contributed by atoms with Crippen LogP contribution in [0, 0.1) is 0 Å². The van der Waals surface area contributed by atoms with Crippen LogP contribution in [0.15, 0.2) is 215 Å². The van der Waals surface area contributed by atoms with E-state index in [4.69, 9.17) is 8.83 Å². The van der Waals surface area contributed by atoms with Crippen molar-refractivity contribution in [1.29, 1.82) is 0 Å². The van der Waals surface area contributed by atoms with E-state index in [0.29, 0.717) is 33.4 Å². The van der Waals surface area contributed by atoms with Gasteiger partial charge in [0.25, 0.3) is 0 Å². The van der Waals surface area contributed by atoms with Gasteiger partial charge in [-0.2, -0.15) is 0 Å². The molecule has 0 spiro atoms. The fraction of sp³-hybridized carbons (Fsp3) is 0.0345. The number of benzene rings is 10. The minimum atomic E-state index is -1.58. The summed E-state index contributed by atoms with van der Waals surface area (Å²) in [6.45, 7) is 0. The van der Waals surface area contributed by atoms with Crippen molar-refractivity contribution in [3.05, 3.63) is 240 Å². The highest BCUT2D eigenvalue weighted by molar-refractivity contribution is 6.20. The average molecular weight is 797 g/mol. The van der Waals surface area contributed by atoms with E-state index in [2.05, 4.69) is 121 Å². The van der Waals surface area contributed by atoms with Crippen molar-refractivity contribution in [1.82, 2.24) is 0 Å². The second-order valence-electron chi connectivity index (χ2n) is 16.6. The van der Waals surface area contributed by atoms with Gasteiger partial charge in [-0.1, -0.05) is 158 Å². The summed E-state index contributed by atoms with van der Waals surface area (Å²) in [5.41, 5.74) is 7.92. The number of fused-ring (bicyclic) bond motifs is 12. The van der Waals surface area contributed by atoms with Crippen molar-refractivity contribution in [3.8, 4) is 22.3 Å². The topological polar surface area (TPSA) is 66.7 Å². The van der Waals surface area contributed by atoms with Gasteiger partial charge in [-0.3, -0.25) is 0 Å². The van der Waals surface area contributed by atoms with Gasteiger partial charge in [0.15, 0.2) is 0 Å². The SMILES string of the molecule is OC1(c2cccc(-c3ccc4c(c3)oc3ccc5ccccc5c34)c2)c2ccccc2C(O)(c2cccc(-c3ccc4c(c3)oc3ccc5ccccc5c34)c2)c2ccccc21. The molecule has 2 N–H and O–H groups in total. The van der Waals surface area contributed by atoms with E-state index in [9.17, 15) is 10.2 Å². The van der Waals surface area contributed by atoms with Crippen molar-refractivity contribution >= 4 is 65.4 Å². The molecular weight excluding hydrogens is 761 g/mol. The Bertz CT molecular complexity index is 3510.